The van der Waals surface area contributed by atoms with Gasteiger partial charge in [-0.3, -0.25) is 10.3 Å². The second-order valence-electron chi connectivity index (χ2n) is 6.49. The molecule has 1 aliphatic heterocycles. The normalized spacial score (nSPS) is 17.2. The minimum Gasteiger partial charge on any atom is -0.344 e. The van der Waals surface area contributed by atoms with Crippen molar-refractivity contribution in [2.75, 3.05) is 4.90 Å². The van der Waals surface area contributed by atoms with Crippen molar-refractivity contribution >= 4 is 44.7 Å². The molecule has 1 unspecified atom stereocenters. The fourth-order valence-electron chi connectivity index (χ4n) is 3.72. The molecule has 0 bridgehead atoms. The Labute approximate surface area is 157 Å². The van der Waals surface area contributed by atoms with Crippen LogP contribution in [0.3, 0.4) is 0 Å². The molecule has 1 atom stereocenters. The lowest BCUT2D eigenvalue weighted by molar-refractivity contribution is 0.490. The Morgan fingerprint density at radius 3 is 2.54 bits per heavy atom. The van der Waals surface area contributed by atoms with Crippen LogP contribution < -0.4 is 15.8 Å². The van der Waals surface area contributed by atoms with Crippen LogP contribution in [0.5, 0.6) is 0 Å². The summed E-state index contributed by atoms with van der Waals surface area (Å²) in [5, 5.41) is 4.36. The van der Waals surface area contributed by atoms with E-state index in [9.17, 15) is 0 Å². The second-order valence-corrected chi connectivity index (χ2v) is 6.87. The number of anilines is 1. The number of hydrazine groups is 1. The van der Waals surface area contributed by atoms with Gasteiger partial charge in [0.25, 0.3) is 0 Å². The van der Waals surface area contributed by atoms with Gasteiger partial charge in [-0.15, -0.1) is 0 Å². The van der Waals surface area contributed by atoms with Crippen molar-refractivity contribution in [3.05, 3.63) is 79.0 Å². The Bertz CT molecular complexity index is 1110. The van der Waals surface area contributed by atoms with Gasteiger partial charge in [0.15, 0.2) is 5.11 Å². The van der Waals surface area contributed by atoms with Crippen molar-refractivity contribution in [3.63, 3.8) is 0 Å². The van der Waals surface area contributed by atoms with Crippen LogP contribution in [-0.4, -0.2) is 15.8 Å². The lowest BCUT2D eigenvalue weighted by Crippen LogP contribution is -2.40. The molecule has 0 aliphatic carbocycles. The molecule has 128 valence electrons. The third kappa shape index (κ3) is 2.44. The number of fused-ring (bicyclic) bond motifs is 2. The minimum atomic E-state index is 0.0316. The fraction of sp³-hybridized carbons (Fsp3) is 0.0952. The number of thiocarbonyl (C=S) groups is 1. The predicted molar refractivity (Wildman–Crippen MR) is 111 cm³/mol. The number of nitrogens with one attached hydrogen (secondary N) is 2. The van der Waals surface area contributed by atoms with Crippen LogP contribution in [0.2, 0.25) is 0 Å². The zero-order valence-electron chi connectivity index (χ0n) is 14.1. The molecule has 26 heavy (non-hydrogen) atoms. The summed E-state index contributed by atoms with van der Waals surface area (Å²) in [4.78, 5) is 2.17. The van der Waals surface area contributed by atoms with Crippen LogP contribution in [0.15, 0.2) is 79.0 Å². The van der Waals surface area contributed by atoms with E-state index in [0.29, 0.717) is 5.11 Å². The summed E-state index contributed by atoms with van der Waals surface area (Å²) in [7, 11) is 0. The van der Waals surface area contributed by atoms with E-state index in [1.807, 2.05) is 0 Å². The molecule has 0 saturated carbocycles. The maximum Gasteiger partial charge on any atom is 0.189 e. The average molecular weight is 358 g/mol. The Morgan fingerprint density at radius 2 is 1.62 bits per heavy atom. The number of benzene rings is 3. The van der Waals surface area contributed by atoms with Crippen molar-refractivity contribution in [2.24, 2.45) is 0 Å². The Kier molecular flexibility index (Phi) is 3.62. The zero-order valence-corrected chi connectivity index (χ0v) is 14.9. The SMILES string of the molecule is S=C1NNC(Cn2ccc3ccccc32)N1c1cccc2ccccc12. The third-order valence-corrected chi connectivity index (χ3v) is 5.25. The number of hydrogen-bond acceptors (Lipinski definition) is 2. The first-order valence-electron chi connectivity index (χ1n) is 8.68. The standard InChI is InChI=1S/C21H18N4S/c26-21-23-22-20(14-24-13-12-16-7-2-4-10-18(16)24)25(21)19-11-5-8-15-6-1-3-9-17(15)19/h1-13,20,22H,14H2,(H,23,26). The smallest absolute Gasteiger partial charge is 0.189 e. The highest BCUT2D eigenvalue weighted by Gasteiger charge is 2.30. The van der Waals surface area contributed by atoms with Crippen LogP contribution in [0.25, 0.3) is 21.7 Å². The number of aromatic nitrogens is 1. The van der Waals surface area contributed by atoms with Gasteiger partial charge < -0.3 is 4.57 Å². The van der Waals surface area contributed by atoms with Gasteiger partial charge in [-0.05, 0) is 41.2 Å². The van der Waals surface area contributed by atoms with Gasteiger partial charge in [-0.1, -0.05) is 54.6 Å². The van der Waals surface area contributed by atoms with E-state index in [0.717, 1.165) is 12.2 Å². The molecule has 0 radical (unpaired) electrons. The van der Waals surface area contributed by atoms with Crippen LogP contribution >= 0.6 is 12.2 Å². The van der Waals surface area contributed by atoms with Crippen molar-refractivity contribution in [3.8, 4) is 0 Å². The number of hydrogen-bond donors (Lipinski definition) is 2. The van der Waals surface area contributed by atoms with Gasteiger partial charge in [0.05, 0.1) is 12.2 Å². The molecule has 0 amide bonds. The van der Waals surface area contributed by atoms with E-state index >= 15 is 0 Å². The molecule has 4 aromatic rings. The Hall–Kier alpha value is -2.89. The summed E-state index contributed by atoms with van der Waals surface area (Å²) >= 11 is 5.60. The van der Waals surface area contributed by atoms with E-state index < -0.39 is 0 Å². The molecule has 2 heterocycles. The molecule has 0 spiro atoms. The van der Waals surface area contributed by atoms with E-state index in [1.165, 1.54) is 21.7 Å². The monoisotopic (exact) mass is 358 g/mol. The van der Waals surface area contributed by atoms with Crippen molar-refractivity contribution in [1.29, 1.82) is 0 Å². The van der Waals surface area contributed by atoms with Gasteiger partial charge in [0.2, 0.25) is 0 Å². The molecule has 1 saturated heterocycles. The van der Waals surface area contributed by atoms with Gasteiger partial charge in [0.1, 0.15) is 6.17 Å². The molecule has 1 aromatic heterocycles. The fourth-order valence-corrected chi connectivity index (χ4v) is 4.00. The van der Waals surface area contributed by atoms with E-state index in [2.05, 4.69) is 99.3 Å². The molecular formula is C21H18N4S. The van der Waals surface area contributed by atoms with Crippen molar-refractivity contribution < 1.29 is 0 Å². The van der Waals surface area contributed by atoms with Crippen molar-refractivity contribution in [2.45, 2.75) is 12.7 Å². The Morgan fingerprint density at radius 1 is 0.846 bits per heavy atom. The molecule has 2 N–H and O–H groups in total. The summed E-state index contributed by atoms with van der Waals surface area (Å²) in [5.41, 5.74) is 8.82. The topological polar surface area (TPSA) is 32.2 Å². The quantitative estimate of drug-likeness (QED) is 0.542. The summed E-state index contributed by atoms with van der Waals surface area (Å²) in [6, 6.07) is 25.3. The van der Waals surface area contributed by atoms with Gasteiger partial charge in [-0.25, -0.2) is 5.43 Å². The minimum absolute atomic E-state index is 0.0316. The maximum atomic E-state index is 5.60. The predicted octanol–water partition coefficient (Wildman–Crippen LogP) is 4.02. The van der Waals surface area contributed by atoms with E-state index in [1.54, 1.807) is 0 Å². The highest BCUT2D eigenvalue weighted by molar-refractivity contribution is 7.80. The second kappa shape index (κ2) is 6.12. The highest BCUT2D eigenvalue weighted by Crippen LogP contribution is 2.29. The van der Waals surface area contributed by atoms with Crippen LogP contribution in [0.1, 0.15) is 0 Å². The van der Waals surface area contributed by atoms with E-state index in [4.69, 9.17) is 12.2 Å². The molecule has 1 fully saturated rings. The number of para-hydroxylation sites is 1. The van der Waals surface area contributed by atoms with Crippen LogP contribution in [0, 0.1) is 0 Å². The lowest BCUT2D eigenvalue weighted by Gasteiger charge is -2.26. The highest BCUT2D eigenvalue weighted by atomic mass is 32.1. The first-order valence-corrected chi connectivity index (χ1v) is 9.08. The van der Waals surface area contributed by atoms with Crippen LogP contribution in [0.4, 0.5) is 5.69 Å². The molecule has 5 rings (SSSR count). The summed E-state index contributed by atoms with van der Waals surface area (Å²) in [5.74, 6) is 0. The van der Waals surface area contributed by atoms with Crippen molar-refractivity contribution in [1.82, 2.24) is 15.4 Å². The molecular weight excluding hydrogens is 340 g/mol. The average Bonchev–Trinajstić information content (AvgIpc) is 3.25. The Balaban J connectivity index is 1.56. The zero-order chi connectivity index (χ0) is 17.5. The molecule has 3 aromatic carbocycles. The number of rotatable bonds is 3. The maximum absolute atomic E-state index is 5.60. The first kappa shape index (κ1) is 15.4. The molecule has 1 aliphatic rings. The number of nitrogens with zero attached hydrogens (tertiary/aromatic N) is 2. The lowest BCUT2D eigenvalue weighted by atomic mass is 10.1. The molecule has 5 heteroatoms. The summed E-state index contributed by atoms with van der Waals surface area (Å²) in [6.45, 7) is 0.782. The van der Waals surface area contributed by atoms with Crippen LogP contribution in [-0.2, 0) is 6.54 Å². The third-order valence-electron chi connectivity index (χ3n) is 4.95. The largest absolute Gasteiger partial charge is 0.344 e. The first-order chi connectivity index (χ1) is 12.8. The van der Waals surface area contributed by atoms with Gasteiger partial charge >= 0.3 is 0 Å². The van der Waals surface area contributed by atoms with Gasteiger partial charge in [-0.2, -0.15) is 0 Å². The summed E-state index contributed by atoms with van der Waals surface area (Å²) in [6.07, 6.45) is 2.17. The summed E-state index contributed by atoms with van der Waals surface area (Å²) < 4.78 is 2.26. The molecule has 4 nitrogen and oxygen atoms in total. The van der Waals surface area contributed by atoms with Gasteiger partial charge in [0, 0.05) is 17.1 Å². The van der Waals surface area contributed by atoms with E-state index in [-0.39, 0.29) is 6.17 Å².